The van der Waals surface area contributed by atoms with Gasteiger partial charge in [-0.1, -0.05) is 53.5 Å². The molecule has 132 valence electrons. The molecule has 2 heterocycles. The zero-order chi connectivity index (χ0) is 18.1. The number of carbonyl (C=O) groups excluding carboxylic acids is 1. The predicted octanol–water partition coefficient (Wildman–Crippen LogP) is 4.76. The van der Waals surface area contributed by atoms with Crippen molar-refractivity contribution in [3.05, 3.63) is 76.0 Å². The van der Waals surface area contributed by atoms with Gasteiger partial charge in [0.2, 0.25) is 0 Å². The lowest BCUT2D eigenvalue weighted by atomic mass is 10.1. The van der Waals surface area contributed by atoms with Crippen molar-refractivity contribution < 1.29 is 9.53 Å². The maximum atomic E-state index is 12.9. The fourth-order valence-electron chi connectivity index (χ4n) is 3.11. The van der Waals surface area contributed by atoms with E-state index in [9.17, 15) is 4.79 Å². The van der Waals surface area contributed by atoms with Crippen LogP contribution in [0, 0.1) is 0 Å². The third kappa shape index (κ3) is 3.40. The number of benzene rings is 2. The van der Waals surface area contributed by atoms with Crippen LogP contribution in [0.5, 0.6) is 0 Å². The number of pyridine rings is 1. The highest BCUT2D eigenvalue weighted by atomic mass is 35.5. The molecule has 1 aromatic heterocycles. The number of morpholine rings is 1. The lowest BCUT2D eigenvalue weighted by molar-refractivity contribution is -0.0230. The second-order valence-corrected chi connectivity index (χ2v) is 7.02. The number of rotatable bonds is 2. The first-order valence-electron chi connectivity index (χ1n) is 8.32. The number of aromatic nitrogens is 1. The number of halogens is 2. The van der Waals surface area contributed by atoms with E-state index in [2.05, 4.69) is 4.98 Å². The quantitative estimate of drug-likeness (QED) is 0.637. The third-order valence-electron chi connectivity index (χ3n) is 4.52. The van der Waals surface area contributed by atoms with E-state index in [0.29, 0.717) is 35.4 Å². The first-order valence-corrected chi connectivity index (χ1v) is 9.08. The van der Waals surface area contributed by atoms with Crippen molar-refractivity contribution in [2.75, 3.05) is 19.7 Å². The van der Waals surface area contributed by atoms with E-state index in [1.165, 1.54) is 0 Å². The summed E-state index contributed by atoms with van der Waals surface area (Å²) in [7, 11) is 0. The Kier molecular flexibility index (Phi) is 4.81. The number of hydrogen-bond acceptors (Lipinski definition) is 3. The Balaban J connectivity index is 1.56. The molecule has 1 amide bonds. The molecular formula is C20H16Cl2N2O2. The van der Waals surface area contributed by atoms with Crippen LogP contribution in [0.1, 0.15) is 22.2 Å². The van der Waals surface area contributed by atoms with Gasteiger partial charge >= 0.3 is 0 Å². The Morgan fingerprint density at radius 1 is 1.08 bits per heavy atom. The molecule has 0 radical (unpaired) electrons. The van der Waals surface area contributed by atoms with Gasteiger partial charge in [0.05, 0.1) is 23.2 Å². The van der Waals surface area contributed by atoms with E-state index in [1.807, 2.05) is 36.4 Å². The average Bonchev–Trinajstić information content (AvgIpc) is 2.69. The van der Waals surface area contributed by atoms with Crippen LogP contribution in [0.3, 0.4) is 0 Å². The van der Waals surface area contributed by atoms with Crippen molar-refractivity contribution in [2.24, 2.45) is 0 Å². The van der Waals surface area contributed by atoms with Crippen LogP contribution in [-0.4, -0.2) is 35.5 Å². The highest BCUT2D eigenvalue weighted by molar-refractivity contribution is 6.42. The van der Waals surface area contributed by atoms with Crippen molar-refractivity contribution in [1.29, 1.82) is 0 Å². The van der Waals surface area contributed by atoms with Gasteiger partial charge in [-0.25, -0.2) is 0 Å². The highest BCUT2D eigenvalue weighted by Gasteiger charge is 2.27. The topological polar surface area (TPSA) is 42.4 Å². The van der Waals surface area contributed by atoms with Crippen molar-refractivity contribution in [3.63, 3.8) is 0 Å². The minimum Gasteiger partial charge on any atom is -0.370 e. The Labute approximate surface area is 161 Å². The van der Waals surface area contributed by atoms with E-state index in [0.717, 1.165) is 16.3 Å². The number of hydrogen-bond donors (Lipinski definition) is 0. The minimum atomic E-state index is -0.233. The van der Waals surface area contributed by atoms with Gasteiger partial charge in [0.1, 0.15) is 11.8 Å². The summed E-state index contributed by atoms with van der Waals surface area (Å²) in [6, 6.07) is 15.1. The zero-order valence-corrected chi connectivity index (χ0v) is 15.4. The second kappa shape index (κ2) is 7.23. The minimum absolute atomic E-state index is 0.0934. The summed E-state index contributed by atoms with van der Waals surface area (Å²) < 4.78 is 5.83. The first kappa shape index (κ1) is 17.3. The van der Waals surface area contributed by atoms with Gasteiger partial charge < -0.3 is 9.64 Å². The van der Waals surface area contributed by atoms with Crippen molar-refractivity contribution >= 4 is 39.9 Å². The fraction of sp³-hybridized carbons (Fsp3) is 0.200. The van der Waals surface area contributed by atoms with Crippen LogP contribution in [0.4, 0.5) is 0 Å². The summed E-state index contributed by atoms with van der Waals surface area (Å²) in [5.41, 5.74) is 1.35. The second-order valence-electron chi connectivity index (χ2n) is 6.20. The zero-order valence-electron chi connectivity index (χ0n) is 13.9. The molecule has 26 heavy (non-hydrogen) atoms. The number of carbonyl (C=O) groups is 1. The molecule has 1 saturated heterocycles. The van der Waals surface area contributed by atoms with E-state index in [4.69, 9.17) is 27.9 Å². The summed E-state index contributed by atoms with van der Waals surface area (Å²) in [5, 5.41) is 2.99. The number of amides is 1. The molecule has 1 atom stereocenters. The van der Waals surface area contributed by atoms with Gasteiger partial charge in [0.25, 0.3) is 5.91 Å². The summed E-state index contributed by atoms with van der Waals surface area (Å²) >= 11 is 12.1. The van der Waals surface area contributed by atoms with Crippen LogP contribution in [0.25, 0.3) is 10.8 Å². The van der Waals surface area contributed by atoms with E-state index < -0.39 is 0 Å². The van der Waals surface area contributed by atoms with Gasteiger partial charge in [0, 0.05) is 18.1 Å². The summed E-state index contributed by atoms with van der Waals surface area (Å²) in [6.45, 7) is 1.45. The first-order chi connectivity index (χ1) is 12.6. The summed E-state index contributed by atoms with van der Waals surface area (Å²) in [4.78, 5) is 19.0. The van der Waals surface area contributed by atoms with E-state index in [-0.39, 0.29) is 12.0 Å². The third-order valence-corrected chi connectivity index (χ3v) is 5.26. The van der Waals surface area contributed by atoms with Crippen molar-refractivity contribution in [2.45, 2.75) is 6.10 Å². The normalized spacial score (nSPS) is 17.5. The molecule has 4 nitrogen and oxygen atoms in total. The molecule has 3 aromatic rings. The standard InChI is InChI=1S/C20H16Cl2N2O2/c21-16-6-5-14(9-17(16)22)19-12-24(7-8-26-19)20(25)18-10-13-3-1-2-4-15(13)11-23-18/h1-6,9-11,19H,7-8,12H2/t19-/m0/s1. The van der Waals surface area contributed by atoms with Gasteiger partial charge in [-0.3, -0.25) is 9.78 Å². The molecule has 2 aromatic carbocycles. The molecule has 0 unspecified atom stereocenters. The maximum absolute atomic E-state index is 12.9. The molecule has 0 bridgehead atoms. The van der Waals surface area contributed by atoms with Gasteiger partial charge in [-0.05, 0) is 29.1 Å². The van der Waals surface area contributed by atoms with E-state index >= 15 is 0 Å². The van der Waals surface area contributed by atoms with Crippen LogP contribution < -0.4 is 0 Å². The molecule has 0 N–H and O–H groups in total. The molecule has 0 aliphatic carbocycles. The fourth-order valence-corrected chi connectivity index (χ4v) is 3.42. The number of fused-ring (bicyclic) bond motifs is 1. The van der Waals surface area contributed by atoms with Gasteiger partial charge in [0.15, 0.2) is 0 Å². The predicted molar refractivity (Wildman–Crippen MR) is 103 cm³/mol. The number of nitrogens with zero attached hydrogens (tertiary/aromatic N) is 2. The molecule has 4 rings (SSSR count). The monoisotopic (exact) mass is 386 g/mol. The lowest BCUT2D eigenvalue weighted by Gasteiger charge is -2.33. The largest absolute Gasteiger partial charge is 0.370 e. The molecule has 6 heteroatoms. The molecule has 0 spiro atoms. The molecular weight excluding hydrogens is 371 g/mol. The van der Waals surface area contributed by atoms with E-state index in [1.54, 1.807) is 23.2 Å². The highest BCUT2D eigenvalue weighted by Crippen LogP contribution is 2.29. The summed E-state index contributed by atoms with van der Waals surface area (Å²) in [6.07, 6.45) is 1.50. The van der Waals surface area contributed by atoms with Crippen molar-refractivity contribution in [3.8, 4) is 0 Å². The van der Waals surface area contributed by atoms with Crippen LogP contribution >= 0.6 is 23.2 Å². The Bertz CT molecular complexity index is 977. The smallest absolute Gasteiger partial charge is 0.272 e. The molecule has 1 fully saturated rings. The Morgan fingerprint density at radius 2 is 1.88 bits per heavy atom. The van der Waals surface area contributed by atoms with Gasteiger partial charge in [-0.15, -0.1) is 0 Å². The SMILES string of the molecule is O=C(c1cc2ccccc2cn1)N1CCO[C@H](c2ccc(Cl)c(Cl)c2)C1. The van der Waals surface area contributed by atoms with Crippen LogP contribution in [0.2, 0.25) is 10.0 Å². The molecule has 0 saturated carbocycles. The van der Waals surface area contributed by atoms with Crippen LogP contribution in [-0.2, 0) is 4.74 Å². The molecule has 1 aliphatic rings. The molecule has 1 aliphatic heterocycles. The average molecular weight is 387 g/mol. The summed E-state index contributed by atoms with van der Waals surface area (Å²) in [5.74, 6) is -0.0934. The van der Waals surface area contributed by atoms with Gasteiger partial charge in [-0.2, -0.15) is 0 Å². The Morgan fingerprint density at radius 3 is 2.69 bits per heavy atom. The lowest BCUT2D eigenvalue weighted by Crippen LogP contribution is -2.42. The Hall–Kier alpha value is -2.14. The maximum Gasteiger partial charge on any atom is 0.272 e. The van der Waals surface area contributed by atoms with Crippen molar-refractivity contribution in [1.82, 2.24) is 9.88 Å². The number of ether oxygens (including phenoxy) is 1. The van der Waals surface area contributed by atoms with Crippen LogP contribution in [0.15, 0.2) is 54.7 Å².